The van der Waals surface area contributed by atoms with Crippen molar-refractivity contribution >= 4 is 11.7 Å². The van der Waals surface area contributed by atoms with E-state index in [-0.39, 0.29) is 17.8 Å². The molecule has 2 saturated carbocycles. The predicted molar refractivity (Wildman–Crippen MR) is 78.4 cm³/mol. The molecule has 0 aliphatic heterocycles. The van der Waals surface area contributed by atoms with Crippen molar-refractivity contribution in [3.8, 4) is 0 Å². The van der Waals surface area contributed by atoms with Crippen molar-refractivity contribution in [2.24, 2.45) is 28.1 Å². The van der Waals surface area contributed by atoms with Gasteiger partial charge in [0.15, 0.2) is 5.84 Å². The average Bonchev–Trinajstić information content (AvgIpc) is 3.07. The normalized spacial score (nSPS) is 33.3. The van der Waals surface area contributed by atoms with Gasteiger partial charge in [0, 0.05) is 6.04 Å². The Labute approximate surface area is 121 Å². The van der Waals surface area contributed by atoms with Gasteiger partial charge in [0.05, 0.1) is 0 Å². The summed E-state index contributed by atoms with van der Waals surface area (Å²) in [6.45, 7) is 4.43. The summed E-state index contributed by atoms with van der Waals surface area (Å²) in [6.07, 6.45) is 6.68. The van der Waals surface area contributed by atoms with E-state index in [2.05, 4.69) is 24.3 Å². The van der Waals surface area contributed by atoms with Crippen molar-refractivity contribution in [1.29, 1.82) is 0 Å². The summed E-state index contributed by atoms with van der Waals surface area (Å²) in [5.74, 6) is 1.24. The van der Waals surface area contributed by atoms with Crippen LogP contribution in [0, 0.1) is 17.3 Å². The molecule has 0 radical (unpaired) electrons. The fourth-order valence-corrected chi connectivity index (χ4v) is 4.01. The number of hydrogen-bond donors (Lipinski definition) is 3. The number of rotatable bonds is 4. The second-order valence-electron chi connectivity index (χ2n) is 6.46. The van der Waals surface area contributed by atoms with Gasteiger partial charge >= 0.3 is 0 Å². The molecule has 2 aliphatic carbocycles. The zero-order valence-corrected chi connectivity index (χ0v) is 12.6. The Morgan fingerprint density at radius 2 is 2.05 bits per heavy atom. The quantitative estimate of drug-likeness (QED) is 0.319. The maximum atomic E-state index is 12.7. The summed E-state index contributed by atoms with van der Waals surface area (Å²) in [4.78, 5) is 12.7. The molecule has 0 aromatic rings. The number of hydrogen-bond acceptors (Lipinski definition) is 3. The van der Waals surface area contributed by atoms with Gasteiger partial charge < -0.3 is 16.3 Å². The van der Waals surface area contributed by atoms with Crippen molar-refractivity contribution in [3.05, 3.63) is 0 Å². The SMILES string of the molecule is CCC1CCC(NC(=O)C2(C(N)=NO)CCCC2)C1C. The minimum absolute atomic E-state index is 0.0427. The Bertz CT molecular complexity index is 389. The summed E-state index contributed by atoms with van der Waals surface area (Å²) >= 11 is 0. The lowest BCUT2D eigenvalue weighted by atomic mass is 9.83. The molecule has 0 saturated heterocycles. The largest absolute Gasteiger partial charge is 0.409 e. The number of carbonyl (C=O) groups excluding carboxylic acids is 1. The van der Waals surface area contributed by atoms with Gasteiger partial charge in [-0.2, -0.15) is 0 Å². The number of carbonyl (C=O) groups is 1. The van der Waals surface area contributed by atoms with Crippen LogP contribution in [-0.4, -0.2) is 23.0 Å². The van der Waals surface area contributed by atoms with Crippen molar-refractivity contribution < 1.29 is 10.0 Å². The van der Waals surface area contributed by atoms with Gasteiger partial charge in [-0.3, -0.25) is 4.79 Å². The van der Waals surface area contributed by atoms with Crippen LogP contribution in [-0.2, 0) is 4.79 Å². The third kappa shape index (κ3) is 2.50. The Morgan fingerprint density at radius 3 is 2.55 bits per heavy atom. The molecule has 5 heteroatoms. The second-order valence-corrected chi connectivity index (χ2v) is 6.46. The van der Waals surface area contributed by atoms with Gasteiger partial charge in [-0.15, -0.1) is 0 Å². The van der Waals surface area contributed by atoms with Gasteiger partial charge in [0.2, 0.25) is 5.91 Å². The van der Waals surface area contributed by atoms with E-state index in [0.29, 0.717) is 24.7 Å². The first kappa shape index (κ1) is 15.1. The maximum Gasteiger partial charge on any atom is 0.234 e. The Balaban J connectivity index is 2.07. The summed E-state index contributed by atoms with van der Waals surface area (Å²) in [5.41, 5.74) is 5.04. The van der Waals surface area contributed by atoms with E-state index < -0.39 is 5.41 Å². The van der Waals surface area contributed by atoms with Crippen LogP contribution in [0.25, 0.3) is 0 Å². The molecule has 0 bridgehead atoms. The minimum atomic E-state index is -0.779. The van der Waals surface area contributed by atoms with Crippen molar-refractivity contribution in [1.82, 2.24) is 5.32 Å². The molecule has 20 heavy (non-hydrogen) atoms. The van der Waals surface area contributed by atoms with E-state index >= 15 is 0 Å². The first-order valence-corrected chi connectivity index (χ1v) is 7.84. The zero-order chi connectivity index (χ0) is 14.8. The Hall–Kier alpha value is -1.26. The number of nitrogens with zero attached hydrogens (tertiary/aromatic N) is 1. The molecular weight excluding hydrogens is 254 g/mol. The molecule has 1 amide bonds. The van der Waals surface area contributed by atoms with Gasteiger partial charge in [-0.25, -0.2) is 0 Å². The number of amides is 1. The highest BCUT2D eigenvalue weighted by atomic mass is 16.4. The van der Waals surface area contributed by atoms with Crippen LogP contribution in [0.2, 0.25) is 0 Å². The Kier molecular flexibility index (Phi) is 4.55. The van der Waals surface area contributed by atoms with Crippen LogP contribution in [0.4, 0.5) is 0 Å². The summed E-state index contributed by atoms with van der Waals surface area (Å²) < 4.78 is 0. The highest BCUT2D eigenvalue weighted by Crippen LogP contribution is 2.40. The summed E-state index contributed by atoms with van der Waals surface area (Å²) in [7, 11) is 0. The topological polar surface area (TPSA) is 87.7 Å². The number of nitrogens with two attached hydrogens (primary N) is 1. The van der Waals surface area contributed by atoms with E-state index in [0.717, 1.165) is 19.3 Å². The Morgan fingerprint density at radius 1 is 1.40 bits per heavy atom. The molecule has 3 atom stereocenters. The number of nitrogens with one attached hydrogen (secondary N) is 1. The summed E-state index contributed by atoms with van der Waals surface area (Å²) in [6, 6.07) is 0.233. The van der Waals surface area contributed by atoms with Crippen LogP contribution in [0.3, 0.4) is 0 Å². The fourth-order valence-electron chi connectivity index (χ4n) is 4.01. The van der Waals surface area contributed by atoms with Crippen molar-refractivity contribution in [3.63, 3.8) is 0 Å². The van der Waals surface area contributed by atoms with Crippen LogP contribution in [0.5, 0.6) is 0 Å². The zero-order valence-electron chi connectivity index (χ0n) is 12.6. The van der Waals surface area contributed by atoms with Crippen molar-refractivity contribution in [2.75, 3.05) is 0 Å². The van der Waals surface area contributed by atoms with Crippen LogP contribution in [0.1, 0.15) is 58.8 Å². The highest BCUT2D eigenvalue weighted by molar-refractivity contribution is 6.07. The lowest BCUT2D eigenvalue weighted by molar-refractivity contribution is -0.128. The molecule has 4 N–H and O–H groups in total. The molecule has 3 unspecified atom stereocenters. The average molecular weight is 281 g/mol. The molecule has 5 nitrogen and oxygen atoms in total. The predicted octanol–water partition coefficient (Wildman–Crippen LogP) is 2.23. The monoisotopic (exact) mass is 281 g/mol. The third-order valence-electron chi connectivity index (χ3n) is 5.56. The van der Waals surface area contributed by atoms with E-state index in [9.17, 15) is 4.79 Å². The number of amidine groups is 1. The molecule has 2 fully saturated rings. The van der Waals surface area contributed by atoms with Gasteiger partial charge in [-0.1, -0.05) is 38.3 Å². The van der Waals surface area contributed by atoms with E-state index in [4.69, 9.17) is 10.9 Å². The molecular formula is C15H27N3O2. The van der Waals surface area contributed by atoms with E-state index in [1.807, 2.05) is 0 Å². The molecule has 0 aromatic heterocycles. The molecule has 0 aromatic carbocycles. The molecule has 114 valence electrons. The standard InChI is InChI=1S/C15H27N3O2/c1-3-11-6-7-12(10(11)2)17-14(19)15(13(16)18-20)8-4-5-9-15/h10-12,20H,3-9H2,1-2H3,(H2,16,18)(H,17,19). The molecule has 2 aliphatic rings. The molecule has 0 heterocycles. The number of oxime groups is 1. The molecule has 0 spiro atoms. The minimum Gasteiger partial charge on any atom is -0.409 e. The fraction of sp³-hybridized carbons (Fsp3) is 0.867. The van der Waals surface area contributed by atoms with Gasteiger partial charge in [0.1, 0.15) is 5.41 Å². The van der Waals surface area contributed by atoms with Gasteiger partial charge in [-0.05, 0) is 37.5 Å². The maximum absolute atomic E-state index is 12.7. The van der Waals surface area contributed by atoms with Crippen molar-refractivity contribution in [2.45, 2.75) is 64.8 Å². The summed E-state index contributed by atoms with van der Waals surface area (Å²) in [5, 5.41) is 15.3. The first-order chi connectivity index (χ1) is 9.55. The lowest BCUT2D eigenvalue weighted by Gasteiger charge is -2.29. The smallest absolute Gasteiger partial charge is 0.234 e. The highest BCUT2D eigenvalue weighted by Gasteiger charge is 2.47. The third-order valence-corrected chi connectivity index (χ3v) is 5.56. The van der Waals surface area contributed by atoms with E-state index in [1.165, 1.54) is 12.8 Å². The molecule has 2 rings (SSSR count). The van der Waals surface area contributed by atoms with Gasteiger partial charge in [0.25, 0.3) is 0 Å². The van der Waals surface area contributed by atoms with Crippen LogP contribution < -0.4 is 11.1 Å². The van der Waals surface area contributed by atoms with Crippen LogP contribution in [0.15, 0.2) is 5.16 Å². The second kappa shape index (κ2) is 6.02. The first-order valence-electron chi connectivity index (χ1n) is 7.84. The van der Waals surface area contributed by atoms with E-state index in [1.54, 1.807) is 0 Å². The lowest BCUT2D eigenvalue weighted by Crippen LogP contribution is -2.51. The van der Waals surface area contributed by atoms with Crippen LogP contribution >= 0.6 is 0 Å².